The number of piperidine rings is 1. The van der Waals surface area contributed by atoms with Crippen LogP contribution >= 0.6 is 0 Å². The summed E-state index contributed by atoms with van der Waals surface area (Å²) in [5.41, 5.74) is 0.629. The lowest BCUT2D eigenvalue weighted by atomic mass is 10.1. The van der Waals surface area contributed by atoms with Gasteiger partial charge in [0.05, 0.1) is 5.69 Å². The second-order valence-electron chi connectivity index (χ2n) is 6.15. The predicted molar refractivity (Wildman–Crippen MR) is 86.7 cm³/mol. The van der Waals surface area contributed by atoms with Gasteiger partial charge < -0.3 is 9.47 Å². The van der Waals surface area contributed by atoms with Crippen LogP contribution in [0.2, 0.25) is 0 Å². The minimum atomic E-state index is -4.41. The van der Waals surface area contributed by atoms with Crippen LogP contribution in [-0.2, 0) is 6.54 Å². The number of nitrogens with zero attached hydrogens (tertiary/aromatic N) is 4. The van der Waals surface area contributed by atoms with E-state index in [0.717, 1.165) is 0 Å². The zero-order chi connectivity index (χ0) is 19.3. The monoisotopic (exact) mass is 386 g/mol. The van der Waals surface area contributed by atoms with Crippen LogP contribution in [0.4, 0.5) is 17.6 Å². The number of rotatable bonds is 6. The summed E-state index contributed by atoms with van der Waals surface area (Å²) in [7, 11) is 0. The maximum absolute atomic E-state index is 13.6. The van der Waals surface area contributed by atoms with E-state index in [1.54, 1.807) is 6.07 Å². The Morgan fingerprint density at radius 2 is 1.89 bits per heavy atom. The zero-order valence-corrected chi connectivity index (χ0v) is 14.3. The van der Waals surface area contributed by atoms with Crippen LogP contribution in [0.1, 0.15) is 18.5 Å². The van der Waals surface area contributed by atoms with Gasteiger partial charge in [-0.25, -0.2) is 9.37 Å². The van der Waals surface area contributed by atoms with E-state index >= 15 is 0 Å². The molecule has 0 amide bonds. The number of pyridine rings is 1. The van der Waals surface area contributed by atoms with Crippen molar-refractivity contribution in [3.63, 3.8) is 0 Å². The second-order valence-corrected chi connectivity index (χ2v) is 6.15. The van der Waals surface area contributed by atoms with Crippen molar-refractivity contribution < 1.29 is 27.0 Å². The summed E-state index contributed by atoms with van der Waals surface area (Å²) in [6.07, 6.45) is -1.64. The van der Waals surface area contributed by atoms with Crippen molar-refractivity contribution in [3.05, 3.63) is 42.0 Å². The van der Waals surface area contributed by atoms with Crippen LogP contribution < -0.4 is 9.47 Å². The van der Waals surface area contributed by atoms with E-state index in [-0.39, 0.29) is 17.9 Å². The fourth-order valence-electron chi connectivity index (χ4n) is 2.69. The van der Waals surface area contributed by atoms with Gasteiger partial charge in [-0.05, 0) is 31.0 Å². The average Bonchev–Trinajstić information content (AvgIpc) is 2.64. The topological polar surface area (TPSA) is 60.4 Å². The second kappa shape index (κ2) is 8.47. The Balaban J connectivity index is 1.44. The molecule has 2 aromatic rings. The summed E-state index contributed by atoms with van der Waals surface area (Å²) >= 11 is 0. The maximum Gasteiger partial charge on any atom is 0.422 e. The molecule has 1 fully saturated rings. The lowest BCUT2D eigenvalue weighted by molar-refractivity contribution is -0.154. The standard InChI is InChI=1S/C17H18F4N4O2/c18-14-2-1-7-22-16(14)27-13-5-8-25(9-6-13)10-12-3-4-15(24-23-12)26-11-17(19,20)21/h1-4,7,13H,5-6,8-11H2. The Labute approximate surface area is 153 Å². The fourth-order valence-corrected chi connectivity index (χ4v) is 2.69. The molecule has 0 radical (unpaired) electrons. The van der Waals surface area contributed by atoms with Crippen molar-refractivity contribution in [2.45, 2.75) is 31.7 Å². The molecule has 0 saturated carbocycles. The third-order valence-corrected chi connectivity index (χ3v) is 4.00. The van der Waals surface area contributed by atoms with Crippen LogP contribution in [-0.4, -0.2) is 52.1 Å². The molecule has 1 aliphatic rings. The number of halogens is 4. The molecule has 1 saturated heterocycles. The highest BCUT2D eigenvalue weighted by Crippen LogP contribution is 2.21. The van der Waals surface area contributed by atoms with E-state index in [1.807, 2.05) is 0 Å². The molecule has 27 heavy (non-hydrogen) atoms. The first-order valence-electron chi connectivity index (χ1n) is 8.41. The smallest absolute Gasteiger partial charge is 0.422 e. The fraction of sp³-hybridized carbons (Fsp3) is 0.471. The SMILES string of the molecule is Fc1cccnc1OC1CCN(Cc2ccc(OCC(F)(F)F)nn2)CC1. The number of ether oxygens (including phenoxy) is 2. The lowest BCUT2D eigenvalue weighted by Gasteiger charge is -2.31. The molecule has 0 N–H and O–H groups in total. The van der Waals surface area contributed by atoms with Gasteiger partial charge in [0.15, 0.2) is 12.4 Å². The number of hydrogen-bond acceptors (Lipinski definition) is 6. The summed E-state index contributed by atoms with van der Waals surface area (Å²) in [4.78, 5) is 6.01. The largest absolute Gasteiger partial charge is 0.472 e. The molecular weight excluding hydrogens is 368 g/mol. The Bertz CT molecular complexity index is 734. The summed E-state index contributed by atoms with van der Waals surface area (Å²) in [6, 6.07) is 5.77. The molecule has 0 spiro atoms. The van der Waals surface area contributed by atoms with Crippen LogP contribution in [0.15, 0.2) is 30.5 Å². The molecule has 1 aliphatic heterocycles. The lowest BCUT2D eigenvalue weighted by Crippen LogP contribution is -2.38. The highest BCUT2D eigenvalue weighted by Gasteiger charge is 2.28. The van der Waals surface area contributed by atoms with Crippen molar-refractivity contribution in [3.8, 4) is 11.8 Å². The number of alkyl halides is 3. The van der Waals surface area contributed by atoms with Crippen molar-refractivity contribution in [1.82, 2.24) is 20.1 Å². The molecular formula is C17H18F4N4O2. The maximum atomic E-state index is 13.6. The summed E-state index contributed by atoms with van der Waals surface area (Å²) in [5, 5.41) is 7.55. The Morgan fingerprint density at radius 1 is 1.11 bits per heavy atom. The Morgan fingerprint density at radius 3 is 2.52 bits per heavy atom. The van der Waals surface area contributed by atoms with Crippen molar-refractivity contribution in [2.24, 2.45) is 0 Å². The third-order valence-electron chi connectivity index (χ3n) is 4.00. The number of aromatic nitrogens is 3. The Kier molecular flexibility index (Phi) is 6.04. The molecule has 3 rings (SSSR count). The van der Waals surface area contributed by atoms with E-state index in [2.05, 4.69) is 24.8 Å². The molecule has 146 valence electrons. The molecule has 0 bridgehead atoms. The van der Waals surface area contributed by atoms with Crippen LogP contribution in [0.25, 0.3) is 0 Å². The minimum Gasteiger partial charge on any atom is -0.472 e. The quantitative estimate of drug-likeness (QED) is 0.712. The van der Waals surface area contributed by atoms with Gasteiger partial charge in [0, 0.05) is 31.9 Å². The zero-order valence-electron chi connectivity index (χ0n) is 14.3. The van der Waals surface area contributed by atoms with Crippen LogP contribution in [0.3, 0.4) is 0 Å². The summed E-state index contributed by atoms with van der Waals surface area (Å²) in [5.74, 6) is -0.639. The van der Waals surface area contributed by atoms with E-state index in [0.29, 0.717) is 38.2 Å². The average molecular weight is 386 g/mol. The van der Waals surface area contributed by atoms with Gasteiger partial charge in [-0.3, -0.25) is 4.90 Å². The van der Waals surface area contributed by atoms with Crippen LogP contribution in [0, 0.1) is 5.82 Å². The first-order valence-corrected chi connectivity index (χ1v) is 8.41. The highest BCUT2D eigenvalue weighted by molar-refractivity contribution is 5.13. The molecule has 10 heteroatoms. The van der Waals surface area contributed by atoms with Crippen molar-refractivity contribution in [1.29, 1.82) is 0 Å². The molecule has 0 unspecified atom stereocenters. The minimum absolute atomic E-state index is 0.0104. The van der Waals surface area contributed by atoms with E-state index in [9.17, 15) is 17.6 Å². The van der Waals surface area contributed by atoms with Crippen LogP contribution in [0.5, 0.6) is 11.8 Å². The first-order chi connectivity index (χ1) is 12.9. The van der Waals surface area contributed by atoms with Crippen molar-refractivity contribution in [2.75, 3.05) is 19.7 Å². The Hall–Kier alpha value is -2.49. The number of hydrogen-bond donors (Lipinski definition) is 0. The van der Waals surface area contributed by atoms with E-state index < -0.39 is 18.6 Å². The predicted octanol–water partition coefficient (Wildman–Crippen LogP) is 3.00. The number of likely N-dealkylation sites (tertiary alicyclic amines) is 1. The van der Waals surface area contributed by atoms with Gasteiger partial charge in [0.25, 0.3) is 5.88 Å². The molecule has 0 aromatic carbocycles. The van der Waals surface area contributed by atoms with Gasteiger partial charge in [-0.1, -0.05) is 0 Å². The van der Waals surface area contributed by atoms with E-state index in [1.165, 1.54) is 24.4 Å². The first kappa shape index (κ1) is 19.3. The molecule has 2 aromatic heterocycles. The highest BCUT2D eigenvalue weighted by atomic mass is 19.4. The van der Waals surface area contributed by atoms with Gasteiger partial charge in [0.2, 0.25) is 5.88 Å². The normalized spacial score (nSPS) is 16.3. The molecule has 0 atom stereocenters. The third kappa shape index (κ3) is 6.02. The van der Waals surface area contributed by atoms with Crippen molar-refractivity contribution >= 4 is 0 Å². The molecule has 6 nitrogen and oxygen atoms in total. The van der Waals surface area contributed by atoms with Gasteiger partial charge in [-0.2, -0.15) is 18.3 Å². The summed E-state index contributed by atoms with van der Waals surface area (Å²) in [6.45, 7) is 0.545. The van der Waals surface area contributed by atoms with Gasteiger partial charge >= 0.3 is 6.18 Å². The van der Waals surface area contributed by atoms with Gasteiger partial charge in [0.1, 0.15) is 6.10 Å². The molecule has 3 heterocycles. The van der Waals surface area contributed by atoms with E-state index in [4.69, 9.17) is 4.74 Å². The summed E-state index contributed by atoms with van der Waals surface area (Å²) < 4.78 is 60.0. The van der Waals surface area contributed by atoms with Gasteiger partial charge in [-0.15, -0.1) is 5.10 Å². The molecule has 0 aliphatic carbocycles.